The largest absolute Gasteiger partial charge is 0.305 e. The van der Waals surface area contributed by atoms with Gasteiger partial charge in [0.2, 0.25) is 0 Å². The molecule has 2 rings (SSSR count). The maximum absolute atomic E-state index is 4.40. The summed E-state index contributed by atoms with van der Waals surface area (Å²) in [4.78, 5) is 8.55. The lowest BCUT2D eigenvalue weighted by molar-refractivity contribution is 0.610. The van der Waals surface area contributed by atoms with Crippen LogP contribution in [0.4, 0.5) is 0 Å². The van der Waals surface area contributed by atoms with Crippen LogP contribution in [0.5, 0.6) is 0 Å². The average Bonchev–Trinajstić information content (AvgIpc) is 2.40. The van der Waals surface area contributed by atoms with Crippen molar-refractivity contribution in [3.63, 3.8) is 0 Å². The molecule has 1 heterocycles. The quantitative estimate of drug-likeness (QED) is 0.942. The van der Waals surface area contributed by atoms with Crippen LogP contribution in [0.2, 0.25) is 0 Å². The van der Waals surface area contributed by atoms with E-state index in [9.17, 15) is 0 Å². The van der Waals surface area contributed by atoms with Crippen molar-refractivity contribution in [2.24, 2.45) is 0 Å². The second kappa shape index (κ2) is 6.07. The van der Waals surface area contributed by atoms with Crippen molar-refractivity contribution in [3.8, 4) is 0 Å². The van der Waals surface area contributed by atoms with Crippen molar-refractivity contribution in [1.29, 1.82) is 0 Å². The van der Waals surface area contributed by atoms with Crippen molar-refractivity contribution in [2.45, 2.75) is 19.9 Å². The van der Waals surface area contributed by atoms with Crippen LogP contribution in [-0.4, -0.2) is 16.5 Å². The number of benzene rings is 1. The molecule has 4 heteroatoms. The van der Waals surface area contributed by atoms with E-state index in [1.165, 1.54) is 11.1 Å². The molecule has 0 aliphatic carbocycles. The molecule has 1 aromatic heterocycles. The number of nitrogens with zero attached hydrogens (tertiary/aromatic N) is 2. The van der Waals surface area contributed by atoms with Gasteiger partial charge in [-0.3, -0.25) is 9.97 Å². The van der Waals surface area contributed by atoms with E-state index in [4.69, 9.17) is 0 Å². The summed E-state index contributed by atoms with van der Waals surface area (Å²) in [5.74, 6) is 0. The van der Waals surface area contributed by atoms with Crippen LogP contribution in [0.1, 0.15) is 29.8 Å². The van der Waals surface area contributed by atoms with E-state index in [1.807, 2.05) is 6.20 Å². The molecule has 1 unspecified atom stereocenters. The van der Waals surface area contributed by atoms with Crippen LogP contribution >= 0.6 is 15.9 Å². The highest BCUT2D eigenvalue weighted by atomic mass is 79.9. The van der Waals surface area contributed by atoms with Gasteiger partial charge in [0.1, 0.15) is 0 Å². The zero-order valence-electron chi connectivity index (χ0n) is 10.5. The zero-order chi connectivity index (χ0) is 13.0. The first kappa shape index (κ1) is 13.2. The molecule has 1 atom stereocenters. The van der Waals surface area contributed by atoms with E-state index in [-0.39, 0.29) is 6.04 Å². The van der Waals surface area contributed by atoms with Crippen molar-refractivity contribution >= 4 is 15.9 Å². The number of nitrogens with one attached hydrogen (secondary N) is 1. The maximum atomic E-state index is 4.40. The molecule has 0 fully saturated rings. The SMILES string of the molecule is CCNC(c1cnccn1)c1cc(C)ccc1Br. The first-order chi connectivity index (χ1) is 8.72. The van der Waals surface area contributed by atoms with Crippen LogP contribution in [0.3, 0.4) is 0 Å². The lowest BCUT2D eigenvalue weighted by Gasteiger charge is -2.19. The van der Waals surface area contributed by atoms with Crippen molar-refractivity contribution < 1.29 is 0 Å². The van der Waals surface area contributed by atoms with Gasteiger partial charge in [-0.25, -0.2) is 0 Å². The third kappa shape index (κ3) is 2.94. The van der Waals surface area contributed by atoms with E-state index in [2.05, 4.69) is 63.3 Å². The average molecular weight is 306 g/mol. The Morgan fingerprint density at radius 3 is 2.83 bits per heavy atom. The molecule has 0 aliphatic heterocycles. The first-order valence-corrected chi connectivity index (χ1v) is 6.77. The minimum absolute atomic E-state index is 0.0676. The summed E-state index contributed by atoms with van der Waals surface area (Å²) < 4.78 is 1.09. The molecule has 0 bridgehead atoms. The summed E-state index contributed by atoms with van der Waals surface area (Å²) in [6.45, 7) is 5.06. The van der Waals surface area contributed by atoms with Gasteiger partial charge in [0.05, 0.1) is 17.9 Å². The predicted molar refractivity (Wildman–Crippen MR) is 76.4 cm³/mol. The van der Waals surface area contributed by atoms with Crippen LogP contribution in [0.25, 0.3) is 0 Å². The van der Waals surface area contributed by atoms with Gasteiger partial charge in [-0.15, -0.1) is 0 Å². The van der Waals surface area contributed by atoms with E-state index in [0.717, 1.165) is 16.7 Å². The highest BCUT2D eigenvalue weighted by molar-refractivity contribution is 9.10. The predicted octanol–water partition coefficient (Wildman–Crippen LogP) is 3.25. The van der Waals surface area contributed by atoms with Crippen LogP contribution in [0, 0.1) is 6.92 Å². The number of halogens is 1. The number of hydrogen-bond acceptors (Lipinski definition) is 3. The fraction of sp³-hybridized carbons (Fsp3) is 0.286. The van der Waals surface area contributed by atoms with Gasteiger partial charge in [-0.2, -0.15) is 0 Å². The number of aryl methyl sites for hydroxylation is 1. The monoisotopic (exact) mass is 305 g/mol. The number of aromatic nitrogens is 2. The molecule has 2 aromatic rings. The minimum atomic E-state index is 0.0676. The fourth-order valence-electron chi connectivity index (χ4n) is 1.92. The highest BCUT2D eigenvalue weighted by Crippen LogP contribution is 2.28. The Kier molecular flexibility index (Phi) is 4.44. The molecule has 0 saturated carbocycles. The maximum Gasteiger partial charge on any atom is 0.0801 e. The van der Waals surface area contributed by atoms with E-state index < -0.39 is 0 Å². The molecular weight excluding hydrogens is 290 g/mol. The molecule has 0 aliphatic rings. The Morgan fingerprint density at radius 2 is 2.17 bits per heavy atom. The van der Waals surface area contributed by atoms with Crippen molar-refractivity contribution in [1.82, 2.24) is 15.3 Å². The molecule has 1 aromatic carbocycles. The third-order valence-corrected chi connectivity index (χ3v) is 3.47. The zero-order valence-corrected chi connectivity index (χ0v) is 12.1. The molecule has 0 spiro atoms. The van der Waals surface area contributed by atoms with Gasteiger partial charge < -0.3 is 5.32 Å². The standard InChI is InChI=1S/C14H16BrN3/c1-3-17-14(13-9-16-6-7-18-13)11-8-10(2)4-5-12(11)15/h4-9,14,17H,3H2,1-2H3. The summed E-state index contributed by atoms with van der Waals surface area (Å²) in [7, 11) is 0. The van der Waals surface area contributed by atoms with E-state index in [1.54, 1.807) is 12.4 Å². The Hall–Kier alpha value is -1.26. The van der Waals surface area contributed by atoms with Crippen LogP contribution in [-0.2, 0) is 0 Å². The van der Waals surface area contributed by atoms with Gasteiger partial charge in [-0.1, -0.05) is 40.5 Å². The lowest BCUT2D eigenvalue weighted by Crippen LogP contribution is -2.23. The first-order valence-electron chi connectivity index (χ1n) is 5.97. The molecule has 0 radical (unpaired) electrons. The van der Waals surface area contributed by atoms with Crippen molar-refractivity contribution in [3.05, 3.63) is 58.1 Å². The number of hydrogen-bond donors (Lipinski definition) is 1. The molecule has 94 valence electrons. The van der Waals surface area contributed by atoms with Gasteiger partial charge >= 0.3 is 0 Å². The molecule has 18 heavy (non-hydrogen) atoms. The van der Waals surface area contributed by atoms with Gasteiger partial charge in [0.15, 0.2) is 0 Å². The highest BCUT2D eigenvalue weighted by Gasteiger charge is 2.17. The Bertz CT molecular complexity index is 514. The molecule has 0 saturated heterocycles. The molecule has 1 N–H and O–H groups in total. The fourth-order valence-corrected chi connectivity index (χ4v) is 2.40. The summed E-state index contributed by atoms with van der Waals surface area (Å²) in [5.41, 5.74) is 3.36. The smallest absolute Gasteiger partial charge is 0.0801 e. The summed E-state index contributed by atoms with van der Waals surface area (Å²) in [5, 5.41) is 3.45. The van der Waals surface area contributed by atoms with Crippen LogP contribution < -0.4 is 5.32 Å². The number of rotatable bonds is 4. The molecular formula is C14H16BrN3. The summed E-state index contributed by atoms with van der Waals surface area (Å²) in [6, 6.07) is 6.41. The molecule has 3 nitrogen and oxygen atoms in total. The molecule has 0 amide bonds. The van der Waals surface area contributed by atoms with Crippen molar-refractivity contribution in [2.75, 3.05) is 6.54 Å². The van der Waals surface area contributed by atoms with Gasteiger partial charge in [0.25, 0.3) is 0 Å². The summed E-state index contributed by atoms with van der Waals surface area (Å²) >= 11 is 3.61. The lowest BCUT2D eigenvalue weighted by atomic mass is 10.0. The Labute approximate surface area is 116 Å². The normalized spacial score (nSPS) is 12.4. The van der Waals surface area contributed by atoms with Gasteiger partial charge in [0, 0.05) is 16.9 Å². The topological polar surface area (TPSA) is 37.8 Å². The Balaban J connectivity index is 2.44. The Morgan fingerprint density at radius 1 is 1.33 bits per heavy atom. The van der Waals surface area contributed by atoms with E-state index in [0.29, 0.717) is 0 Å². The third-order valence-electron chi connectivity index (χ3n) is 2.75. The minimum Gasteiger partial charge on any atom is -0.305 e. The summed E-state index contributed by atoms with van der Waals surface area (Å²) in [6.07, 6.45) is 5.23. The second-order valence-corrected chi connectivity index (χ2v) is 5.00. The van der Waals surface area contributed by atoms with Gasteiger partial charge in [-0.05, 0) is 25.1 Å². The van der Waals surface area contributed by atoms with E-state index >= 15 is 0 Å². The second-order valence-electron chi connectivity index (χ2n) is 4.15. The van der Waals surface area contributed by atoms with Crippen LogP contribution in [0.15, 0.2) is 41.3 Å².